The fourth-order valence-electron chi connectivity index (χ4n) is 20.0. The molecule has 3 amide bonds. The number of esters is 1. The summed E-state index contributed by atoms with van der Waals surface area (Å²) < 4.78 is 56.9. The minimum atomic E-state index is -2.45. The predicted molar refractivity (Wildman–Crippen MR) is 509 cm³/mol. The molecule has 1 aliphatic carbocycles. The number of piperazine rings is 2. The highest BCUT2D eigenvalue weighted by molar-refractivity contribution is 7.80. The van der Waals surface area contributed by atoms with E-state index in [4.69, 9.17) is 81.1 Å². The Kier molecular flexibility index (Phi) is 34.1. The molecule has 2 aromatic carbocycles. The number of oxazole rings is 1. The highest BCUT2D eigenvalue weighted by Gasteiger charge is 2.54. The van der Waals surface area contributed by atoms with Gasteiger partial charge in [0.2, 0.25) is 23.6 Å². The van der Waals surface area contributed by atoms with Crippen LogP contribution >= 0.6 is 12.2 Å². The number of benzene rings is 2. The van der Waals surface area contributed by atoms with Crippen LogP contribution in [-0.4, -0.2) is 289 Å². The number of ether oxygens (including phenoxy) is 8. The number of nitrogens with two attached hydrogens (primary N) is 2. The minimum Gasteiger partial charge on any atom is -0.481 e. The van der Waals surface area contributed by atoms with Gasteiger partial charge in [-0.2, -0.15) is 10.1 Å². The Hall–Kier alpha value is -10.5. The van der Waals surface area contributed by atoms with E-state index in [-0.39, 0.29) is 85.3 Å². The molecule has 7 aliphatic rings. The van der Waals surface area contributed by atoms with Gasteiger partial charge in [-0.15, -0.1) is 0 Å². The van der Waals surface area contributed by atoms with E-state index in [1.165, 1.54) is 23.9 Å². The van der Waals surface area contributed by atoms with E-state index in [1.54, 1.807) is 53.6 Å². The van der Waals surface area contributed by atoms with Gasteiger partial charge in [0, 0.05) is 174 Å². The molecule has 6 N–H and O–H groups in total. The van der Waals surface area contributed by atoms with Crippen molar-refractivity contribution in [1.82, 2.24) is 64.3 Å². The Balaban J connectivity index is 0.502. The number of ketones is 2. The second-order valence-electron chi connectivity index (χ2n) is 37.5. The number of aryl methyl sites for hydroxylation is 1. The van der Waals surface area contributed by atoms with Crippen LogP contribution in [0.5, 0.6) is 0 Å². The van der Waals surface area contributed by atoms with E-state index in [2.05, 4.69) is 57.8 Å². The van der Waals surface area contributed by atoms with E-state index in [0.717, 1.165) is 67.0 Å². The van der Waals surface area contributed by atoms with Crippen LogP contribution in [-0.2, 0) is 87.8 Å². The fraction of sp³-hybridized carbons (Fsp3) is 0.586. The average molecular weight is 1870 g/mol. The van der Waals surface area contributed by atoms with E-state index in [1.807, 2.05) is 110 Å². The summed E-state index contributed by atoms with van der Waals surface area (Å²) in [6, 6.07) is 10.8. The molecule has 2 bridgehead atoms. The van der Waals surface area contributed by atoms with Gasteiger partial charge in [0.15, 0.2) is 22.1 Å². The van der Waals surface area contributed by atoms with E-state index in [9.17, 15) is 34.2 Å². The van der Waals surface area contributed by atoms with Gasteiger partial charge >= 0.3 is 5.97 Å². The third-order valence-corrected chi connectivity index (χ3v) is 28.4. The number of aromatic nitrogens is 9. The number of carbonyl (C=O) groups excluding carboxylic acids is 6. The average Bonchev–Trinajstić information content (AvgIpc) is 1.59. The molecule has 11 heterocycles. The lowest BCUT2D eigenvalue weighted by Crippen LogP contribution is -2.61. The number of anilines is 4. The molecule has 14 rings (SSSR count). The molecule has 16 atom stereocenters. The molecular weight excluding hydrogens is 1730 g/mol. The van der Waals surface area contributed by atoms with E-state index < -0.39 is 77.9 Å². The lowest BCUT2D eigenvalue weighted by molar-refractivity contribution is -0.265. The van der Waals surface area contributed by atoms with Crippen molar-refractivity contribution in [2.45, 2.75) is 225 Å². The van der Waals surface area contributed by atoms with Gasteiger partial charge in [-0.3, -0.25) is 28.9 Å². The fourth-order valence-corrected chi connectivity index (χ4v) is 20.2. The molecule has 0 spiro atoms. The van der Waals surface area contributed by atoms with Crippen LogP contribution in [0.4, 0.5) is 23.7 Å². The van der Waals surface area contributed by atoms with Gasteiger partial charge in [0.1, 0.15) is 53.8 Å². The molecule has 34 nitrogen and oxygen atoms in total. The predicted octanol–water partition coefficient (Wildman–Crippen LogP) is 10.4. The number of fused-ring (bicyclic) bond motifs is 6. The Labute approximate surface area is 789 Å². The van der Waals surface area contributed by atoms with Gasteiger partial charge in [-0.05, 0) is 172 Å². The van der Waals surface area contributed by atoms with Crippen LogP contribution in [0.3, 0.4) is 0 Å². The number of aliphatic hydroxyl groups is 2. The summed E-state index contributed by atoms with van der Waals surface area (Å²) in [6.07, 6.45) is 22.4. The first-order valence-corrected chi connectivity index (χ1v) is 47.9. The molecule has 722 valence electrons. The maximum absolute atomic E-state index is 15.0. The zero-order valence-electron chi connectivity index (χ0n) is 79.2. The minimum absolute atomic E-state index is 0.0123. The second kappa shape index (κ2) is 45.9. The number of cyclic esters (lactones) is 1. The number of methoxy groups -OCH3 is 4. The zero-order valence-corrected chi connectivity index (χ0v) is 80.0. The molecular formula is C99H133N17O17S. The number of nitrogens with zero attached hydrogens (tertiary/aromatic N) is 15. The summed E-state index contributed by atoms with van der Waals surface area (Å²) in [5.41, 5.74) is 21.4. The third kappa shape index (κ3) is 24.3. The lowest BCUT2D eigenvalue weighted by Gasteiger charge is -2.43. The largest absolute Gasteiger partial charge is 0.481 e. The number of piperidine rings is 1. The van der Waals surface area contributed by atoms with Gasteiger partial charge in [0.05, 0.1) is 61.5 Å². The maximum Gasteiger partial charge on any atom is 0.329 e. The smallest absolute Gasteiger partial charge is 0.329 e. The van der Waals surface area contributed by atoms with Crippen LogP contribution in [0, 0.1) is 35.5 Å². The number of Topliss-reactive ketones (excluding diaryl/α,β-unsaturated/α-hetero) is 2. The number of nitrogen functional groups attached to an aromatic ring is 2. The van der Waals surface area contributed by atoms with Gasteiger partial charge in [-0.1, -0.05) is 89.3 Å². The van der Waals surface area contributed by atoms with Gasteiger partial charge in [0.25, 0.3) is 23.6 Å². The topological polar surface area (TPSA) is 409 Å². The standard InChI is InChI=1S/C99H133N17O17S/c1-60-17-13-12-14-18-61(2)79(125-8)51-74-26-20-66(7)99(124,133-74)90(120)94(122)115-32-16-15-19-76(115)95(123)131-81(52-80(126-9)62(3)46-65(6)88(119)89(128-11)87(118)64(5)45-60)63(4)47-67-22-27-78(82(49-67)127-10)130-84(134)29-23-69-53-102-97(103-54-69)113-40-38-111(39-41-113)83(117)31-43-129-44-42-110-34-36-112(37-35-110)98-104-55-73(56-105-98)93(121)114-33-30-70-48-68(21-24-72(70)58-114)57-116-92-85(91(100)106-59-107-92)86(109-116)71-25-28-77-75(50-71)108-96(101)132-77/h12-14,17-18,21,24-25,28,46,48,50,53-56,59-60,62-64,66-67,74,76,78-82,88-89,119,124H,15-16,19-20,22-23,26-27,29-45,47,49,51-52,57-58H2,1-11H3,(H2,101,108)(H2,100,106,107)/b14-12+,17-13+,61-18+,65-46+/t60-,62-,63-,64-,66-,67+,74+,76+,78-,79+,80?,81+,82-,88-,89+,99-/m1/s1. The summed E-state index contributed by atoms with van der Waals surface area (Å²) in [5.74, 6) is -5.73. The monoisotopic (exact) mass is 1860 g/mol. The Morgan fingerprint density at radius 1 is 0.709 bits per heavy atom. The second-order valence-corrected chi connectivity index (χ2v) is 37.9. The maximum atomic E-state index is 15.0. The SMILES string of the molecule is COC1C[C@@H]([C@H](C)C[C@@H]2CC[C@@H](OC(=S)CCc3cnc(N4CCN(C(=O)CCOCCN5CCN(c6ncc(C(=O)N7CCc8cc(Cn9nc(-c%10ccc%11oc(N)nc%11c%10)c%10c(N)ncnc%109)ccc8C7)cn6)CC5)CC4)nc3)[C@H](OC)C2)OC(=O)[C@@H]2CCCCN2C(=O)C(=O)[C@]2(O)O[C@@H](CC[C@H]2C)C[C@H](OC)/C(C)=C/C=C/C=C/[C@@H](C)C[C@@H](C)C(=O)[C@H](OC)[C@H](O)/C(C)=C/[C@H]1C. The molecule has 0 radical (unpaired) electrons. The van der Waals surface area contributed by atoms with Crippen molar-refractivity contribution < 1.29 is 81.3 Å². The number of amides is 3. The Bertz CT molecular complexity index is 5370. The van der Waals surface area contributed by atoms with Crippen molar-refractivity contribution in [3.63, 3.8) is 0 Å². The van der Waals surface area contributed by atoms with Crippen molar-refractivity contribution in [3.8, 4) is 11.3 Å². The van der Waals surface area contributed by atoms with Crippen LogP contribution in [0.2, 0.25) is 0 Å². The number of allylic oxidation sites excluding steroid dienone is 5. The summed E-state index contributed by atoms with van der Waals surface area (Å²) in [7, 11) is 6.28. The van der Waals surface area contributed by atoms with E-state index >= 15 is 4.79 Å². The first-order chi connectivity index (χ1) is 64.6. The number of carbonyl (C=O) groups is 6. The number of thiocarbonyl (C=S) groups is 1. The first-order valence-electron chi connectivity index (χ1n) is 47.5. The summed E-state index contributed by atoms with van der Waals surface area (Å²) in [4.78, 5) is 129. The summed E-state index contributed by atoms with van der Waals surface area (Å²) >= 11 is 5.89. The highest BCUT2D eigenvalue weighted by Crippen LogP contribution is 2.41. The quantitative estimate of drug-likeness (QED) is 0.0152. The third-order valence-electron chi connectivity index (χ3n) is 28.1. The molecule has 5 fully saturated rings. The van der Waals surface area contributed by atoms with Crippen LogP contribution in [0.15, 0.2) is 120 Å². The van der Waals surface area contributed by atoms with Gasteiger partial charge < -0.3 is 88.5 Å². The van der Waals surface area contributed by atoms with Crippen molar-refractivity contribution in [3.05, 3.63) is 143 Å². The van der Waals surface area contributed by atoms with Crippen LogP contribution in [0.1, 0.15) is 171 Å². The van der Waals surface area contributed by atoms with Crippen molar-refractivity contribution in [1.29, 1.82) is 0 Å². The van der Waals surface area contributed by atoms with Crippen molar-refractivity contribution in [2.75, 3.05) is 135 Å². The zero-order chi connectivity index (χ0) is 95.0. The molecule has 35 heteroatoms. The summed E-state index contributed by atoms with van der Waals surface area (Å²) in [6.45, 7) is 21.6. The van der Waals surface area contributed by atoms with E-state index in [0.29, 0.717) is 198 Å². The van der Waals surface area contributed by atoms with Crippen LogP contribution < -0.4 is 21.3 Å². The number of rotatable bonds is 23. The molecule has 1 unspecified atom stereocenters. The van der Waals surface area contributed by atoms with Crippen molar-refractivity contribution in [2.24, 2.45) is 35.5 Å². The molecule has 4 saturated heterocycles. The van der Waals surface area contributed by atoms with Crippen LogP contribution in [0.25, 0.3) is 33.4 Å². The number of hydrogen-bond acceptors (Lipinski definition) is 31. The van der Waals surface area contributed by atoms with Crippen molar-refractivity contribution >= 4 is 98.4 Å². The molecule has 134 heavy (non-hydrogen) atoms. The molecule has 1 saturated carbocycles. The Morgan fingerprint density at radius 2 is 1.45 bits per heavy atom. The number of hydrogen-bond donors (Lipinski definition) is 4. The molecule has 7 aromatic rings. The molecule has 5 aromatic heterocycles. The Morgan fingerprint density at radius 3 is 2.18 bits per heavy atom. The summed E-state index contributed by atoms with van der Waals surface area (Å²) in [5, 5.41) is 30.2. The highest BCUT2D eigenvalue weighted by atomic mass is 32.1. The normalized spacial score (nSPS) is 28.3. The number of aliphatic hydroxyl groups excluding tert-OH is 1. The lowest BCUT2D eigenvalue weighted by atomic mass is 9.78. The van der Waals surface area contributed by atoms with Gasteiger partial charge in [-0.25, -0.2) is 39.4 Å². The molecule has 6 aliphatic heterocycles. The first kappa shape index (κ1) is 99.5.